The van der Waals surface area contributed by atoms with Crippen LogP contribution in [0.5, 0.6) is 0 Å². The third kappa shape index (κ3) is 15.5. The van der Waals surface area contributed by atoms with Gasteiger partial charge in [-0.05, 0) is 63.6 Å². The van der Waals surface area contributed by atoms with E-state index in [9.17, 15) is 0 Å². The molecule has 0 fully saturated rings. The molecule has 0 bridgehead atoms. The van der Waals surface area contributed by atoms with Gasteiger partial charge in [0, 0.05) is 6.54 Å². The summed E-state index contributed by atoms with van der Waals surface area (Å²) in [6.45, 7) is 12.2. The van der Waals surface area contributed by atoms with Crippen LogP contribution in [-0.2, 0) is 0 Å². The van der Waals surface area contributed by atoms with Crippen LogP contribution in [0.25, 0.3) is 0 Å². The Hall–Kier alpha value is -0.520. The van der Waals surface area contributed by atoms with Gasteiger partial charge in [-0.15, -0.1) is 5.73 Å². The largest absolute Gasteiger partial charge is 0.309 e. The summed E-state index contributed by atoms with van der Waals surface area (Å²) in [5, 5.41) is 0. The van der Waals surface area contributed by atoms with Gasteiger partial charge in [-0.3, -0.25) is 0 Å². The molecule has 1 unspecified atom stereocenters. The zero-order valence-electron chi connectivity index (χ0n) is 18.2. The number of allylic oxidation sites excluding steroid dienone is 1. The van der Waals surface area contributed by atoms with Crippen molar-refractivity contribution in [3.63, 3.8) is 0 Å². The standard InChI is InChI=1S/C24H47N/c1-7-15-24(16-8-2)20-19-23(9-3)18-14-12-10-11-13-17-22(4)21-25(5)6/h22,24H,3,7-8,10-21H2,1-2,4-6H3. The molecule has 0 aromatic heterocycles. The number of rotatable bonds is 17. The van der Waals surface area contributed by atoms with E-state index in [0.29, 0.717) is 0 Å². The molecule has 1 heteroatoms. The van der Waals surface area contributed by atoms with E-state index in [4.69, 9.17) is 0 Å². The Bertz CT molecular complexity index is 332. The van der Waals surface area contributed by atoms with Gasteiger partial charge in [0.1, 0.15) is 0 Å². The first kappa shape index (κ1) is 24.5. The topological polar surface area (TPSA) is 3.24 Å². The summed E-state index contributed by atoms with van der Waals surface area (Å²) < 4.78 is 0. The summed E-state index contributed by atoms with van der Waals surface area (Å²) in [6, 6.07) is 0. The van der Waals surface area contributed by atoms with Crippen molar-refractivity contribution < 1.29 is 0 Å². The molecule has 0 aliphatic rings. The average Bonchev–Trinajstić information content (AvgIpc) is 2.56. The minimum atomic E-state index is 0.837. The van der Waals surface area contributed by atoms with Gasteiger partial charge >= 0.3 is 0 Å². The van der Waals surface area contributed by atoms with E-state index < -0.39 is 0 Å². The van der Waals surface area contributed by atoms with Crippen LogP contribution in [0.3, 0.4) is 0 Å². The van der Waals surface area contributed by atoms with Crippen molar-refractivity contribution in [3.8, 4) is 0 Å². The third-order valence-electron chi connectivity index (χ3n) is 5.35. The molecule has 0 aromatic rings. The summed E-state index contributed by atoms with van der Waals surface area (Å²) in [5.74, 6) is 1.76. The Labute approximate surface area is 160 Å². The molecule has 0 spiro atoms. The molecule has 25 heavy (non-hydrogen) atoms. The first-order chi connectivity index (χ1) is 12.0. The second kappa shape index (κ2) is 16.9. The molecule has 1 atom stereocenters. The van der Waals surface area contributed by atoms with E-state index in [1.165, 1.54) is 95.6 Å². The summed E-state index contributed by atoms with van der Waals surface area (Å²) >= 11 is 0. The molecule has 0 saturated carbocycles. The molecular weight excluding hydrogens is 302 g/mol. The molecule has 0 saturated heterocycles. The van der Waals surface area contributed by atoms with E-state index in [1.807, 2.05) is 0 Å². The molecule has 0 amide bonds. The maximum atomic E-state index is 3.94. The first-order valence-electron chi connectivity index (χ1n) is 11.1. The highest BCUT2D eigenvalue weighted by Gasteiger charge is 2.08. The third-order valence-corrected chi connectivity index (χ3v) is 5.35. The normalized spacial score (nSPS) is 12.6. The fraction of sp³-hybridized carbons (Fsp3) is 0.875. The lowest BCUT2D eigenvalue weighted by Crippen LogP contribution is -2.19. The Kier molecular flexibility index (Phi) is 16.6. The quantitative estimate of drug-likeness (QED) is 0.193. The van der Waals surface area contributed by atoms with Gasteiger partial charge in [-0.1, -0.05) is 78.7 Å². The highest BCUT2D eigenvalue weighted by molar-refractivity contribution is 4.99. The molecular formula is C24H47N. The average molecular weight is 350 g/mol. The maximum Gasteiger partial charge on any atom is 0.0000920 e. The number of nitrogens with zero attached hydrogens (tertiary/aromatic N) is 1. The molecule has 0 rings (SSSR count). The van der Waals surface area contributed by atoms with Crippen molar-refractivity contribution in [3.05, 3.63) is 17.9 Å². The summed E-state index contributed by atoms with van der Waals surface area (Å²) in [7, 11) is 4.35. The SMILES string of the molecule is C=C=C(CCCCCCCC(C)CN(C)C)CCC(CCC)CCC. The Morgan fingerprint density at radius 2 is 1.44 bits per heavy atom. The van der Waals surface area contributed by atoms with Crippen molar-refractivity contribution in [1.82, 2.24) is 4.90 Å². The van der Waals surface area contributed by atoms with Gasteiger partial charge < -0.3 is 4.90 Å². The monoisotopic (exact) mass is 349 g/mol. The molecule has 0 aromatic carbocycles. The van der Waals surface area contributed by atoms with Crippen LogP contribution >= 0.6 is 0 Å². The summed E-state index contributed by atoms with van der Waals surface area (Å²) in [5.41, 5.74) is 4.72. The van der Waals surface area contributed by atoms with Crippen LogP contribution in [0, 0.1) is 11.8 Å². The Morgan fingerprint density at radius 3 is 2.00 bits per heavy atom. The summed E-state index contributed by atoms with van der Waals surface area (Å²) in [4.78, 5) is 2.30. The predicted octanol–water partition coefficient (Wildman–Crippen LogP) is 7.62. The van der Waals surface area contributed by atoms with Crippen LogP contribution in [0.4, 0.5) is 0 Å². The highest BCUT2D eigenvalue weighted by atomic mass is 15.1. The lowest BCUT2D eigenvalue weighted by atomic mass is 9.90. The van der Waals surface area contributed by atoms with Crippen molar-refractivity contribution in [2.45, 2.75) is 104 Å². The Morgan fingerprint density at radius 1 is 0.840 bits per heavy atom. The second-order valence-corrected chi connectivity index (χ2v) is 8.44. The van der Waals surface area contributed by atoms with Gasteiger partial charge in [0.25, 0.3) is 0 Å². The van der Waals surface area contributed by atoms with Crippen molar-refractivity contribution in [2.75, 3.05) is 20.6 Å². The van der Waals surface area contributed by atoms with E-state index in [2.05, 4.69) is 52.1 Å². The molecule has 0 heterocycles. The lowest BCUT2D eigenvalue weighted by Gasteiger charge is -2.16. The zero-order valence-corrected chi connectivity index (χ0v) is 18.2. The van der Waals surface area contributed by atoms with Crippen LogP contribution in [-0.4, -0.2) is 25.5 Å². The van der Waals surface area contributed by atoms with Crippen molar-refractivity contribution in [1.29, 1.82) is 0 Å². The molecule has 0 aliphatic heterocycles. The molecule has 1 nitrogen and oxygen atoms in total. The lowest BCUT2D eigenvalue weighted by molar-refractivity contribution is 0.321. The number of hydrogen-bond donors (Lipinski definition) is 0. The van der Waals surface area contributed by atoms with E-state index in [1.54, 1.807) is 0 Å². The van der Waals surface area contributed by atoms with Gasteiger partial charge in [0.15, 0.2) is 0 Å². The van der Waals surface area contributed by atoms with Gasteiger partial charge in [-0.2, -0.15) is 0 Å². The fourth-order valence-electron chi connectivity index (χ4n) is 4.01. The molecule has 0 radical (unpaired) electrons. The van der Waals surface area contributed by atoms with Crippen LogP contribution in [0.2, 0.25) is 0 Å². The van der Waals surface area contributed by atoms with E-state index in [0.717, 1.165) is 11.8 Å². The van der Waals surface area contributed by atoms with Crippen molar-refractivity contribution >= 4 is 0 Å². The minimum Gasteiger partial charge on any atom is -0.309 e. The highest BCUT2D eigenvalue weighted by Crippen LogP contribution is 2.24. The number of hydrogen-bond acceptors (Lipinski definition) is 1. The van der Waals surface area contributed by atoms with Gasteiger partial charge in [0.2, 0.25) is 0 Å². The first-order valence-corrected chi connectivity index (χ1v) is 11.1. The van der Waals surface area contributed by atoms with Gasteiger partial charge in [0.05, 0.1) is 0 Å². The van der Waals surface area contributed by atoms with Crippen molar-refractivity contribution in [2.24, 2.45) is 11.8 Å². The minimum absolute atomic E-state index is 0.837. The molecule has 0 N–H and O–H groups in total. The second-order valence-electron chi connectivity index (χ2n) is 8.44. The number of unbranched alkanes of at least 4 members (excludes halogenated alkanes) is 4. The zero-order chi connectivity index (χ0) is 18.9. The van der Waals surface area contributed by atoms with Crippen LogP contribution in [0.15, 0.2) is 17.9 Å². The maximum absolute atomic E-state index is 3.94. The van der Waals surface area contributed by atoms with E-state index in [-0.39, 0.29) is 0 Å². The summed E-state index contributed by atoms with van der Waals surface area (Å²) in [6.07, 6.45) is 17.5. The van der Waals surface area contributed by atoms with Crippen LogP contribution in [0.1, 0.15) is 104 Å². The molecule has 0 aliphatic carbocycles. The fourth-order valence-corrected chi connectivity index (χ4v) is 4.01. The van der Waals surface area contributed by atoms with Crippen LogP contribution < -0.4 is 0 Å². The molecule has 148 valence electrons. The Balaban J connectivity index is 3.72. The smallest absolute Gasteiger partial charge is 0.0000920 e. The van der Waals surface area contributed by atoms with E-state index >= 15 is 0 Å². The van der Waals surface area contributed by atoms with Gasteiger partial charge in [-0.25, -0.2) is 0 Å². The predicted molar refractivity (Wildman–Crippen MR) is 115 cm³/mol.